The summed E-state index contributed by atoms with van der Waals surface area (Å²) in [5.74, 6) is 1.16. The molecule has 0 fully saturated rings. The van der Waals surface area contributed by atoms with Crippen molar-refractivity contribution in [2.45, 2.75) is 13.0 Å². The minimum absolute atomic E-state index is 0.234. The Kier molecular flexibility index (Phi) is 5.33. The van der Waals surface area contributed by atoms with E-state index in [1.165, 1.54) is 0 Å². The third-order valence-electron chi connectivity index (χ3n) is 3.00. The zero-order chi connectivity index (χ0) is 14.7. The van der Waals surface area contributed by atoms with Gasteiger partial charge >= 0.3 is 0 Å². The van der Waals surface area contributed by atoms with E-state index in [1.54, 1.807) is 12.1 Å². The monoisotopic (exact) mass is 373 g/mol. The third kappa shape index (κ3) is 3.67. The molecule has 0 bridgehead atoms. The molecule has 20 heavy (non-hydrogen) atoms. The highest BCUT2D eigenvalue weighted by atomic mass is 79.9. The van der Waals surface area contributed by atoms with E-state index in [-0.39, 0.29) is 6.04 Å². The lowest BCUT2D eigenvalue weighted by molar-refractivity contribution is 0.482. The largest absolute Gasteiger partial charge is 0.454 e. The number of ether oxygens (including phenoxy) is 1. The molecule has 0 aliphatic rings. The van der Waals surface area contributed by atoms with Gasteiger partial charge < -0.3 is 10.1 Å². The van der Waals surface area contributed by atoms with E-state index in [9.17, 15) is 0 Å². The Hall–Kier alpha value is -0.740. The molecule has 1 N–H and O–H groups in total. The second kappa shape index (κ2) is 6.81. The summed E-state index contributed by atoms with van der Waals surface area (Å²) in [7, 11) is 1.91. The number of nitrogens with one attached hydrogen (secondary N) is 1. The lowest BCUT2D eigenvalue weighted by Crippen LogP contribution is -2.12. The molecule has 5 heteroatoms. The fourth-order valence-electron chi connectivity index (χ4n) is 1.71. The van der Waals surface area contributed by atoms with Gasteiger partial charge in [-0.25, -0.2) is 0 Å². The quantitative estimate of drug-likeness (QED) is 0.726. The molecule has 106 valence electrons. The lowest BCUT2D eigenvalue weighted by atomic mass is 10.1. The second-order valence-electron chi connectivity index (χ2n) is 4.38. The zero-order valence-electron chi connectivity index (χ0n) is 11.1. The van der Waals surface area contributed by atoms with Crippen LogP contribution in [0.25, 0.3) is 0 Å². The normalized spacial score (nSPS) is 12.2. The summed E-state index contributed by atoms with van der Waals surface area (Å²) >= 11 is 15.7. The first-order valence-electron chi connectivity index (χ1n) is 6.11. The fourth-order valence-corrected chi connectivity index (χ4v) is 2.65. The van der Waals surface area contributed by atoms with Gasteiger partial charge in [-0.2, -0.15) is 0 Å². The van der Waals surface area contributed by atoms with E-state index in [0.29, 0.717) is 21.5 Å². The van der Waals surface area contributed by atoms with E-state index >= 15 is 0 Å². The molecular weight excluding hydrogens is 361 g/mol. The van der Waals surface area contributed by atoms with Crippen LogP contribution in [-0.4, -0.2) is 7.05 Å². The van der Waals surface area contributed by atoms with Crippen LogP contribution in [-0.2, 0) is 0 Å². The van der Waals surface area contributed by atoms with Crippen molar-refractivity contribution in [3.8, 4) is 11.5 Å². The highest BCUT2D eigenvalue weighted by Gasteiger charge is 2.10. The van der Waals surface area contributed by atoms with Gasteiger partial charge in [-0.3, -0.25) is 0 Å². The average Bonchev–Trinajstić information content (AvgIpc) is 2.42. The average molecular weight is 375 g/mol. The molecule has 0 saturated heterocycles. The number of rotatable bonds is 4. The van der Waals surface area contributed by atoms with E-state index in [1.807, 2.05) is 31.3 Å². The van der Waals surface area contributed by atoms with Gasteiger partial charge in [-0.15, -0.1) is 0 Å². The van der Waals surface area contributed by atoms with E-state index in [4.69, 9.17) is 27.9 Å². The van der Waals surface area contributed by atoms with Crippen molar-refractivity contribution >= 4 is 39.1 Å². The topological polar surface area (TPSA) is 21.3 Å². The predicted molar refractivity (Wildman–Crippen MR) is 88.2 cm³/mol. The predicted octanol–water partition coefficient (Wildman–Crippen LogP) is 5.83. The standard InChI is InChI=1S/C15H14BrCl2NO/c1-9(19-2)10-3-5-14(12(17)7-10)20-15-6-4-11(16)8-13(15)18/h3-9,19H,1-2H3. The molecule has 0 aliphatic heterocycles. The summed E-state index contributed by atoms with van der Waals surface area (Å²) in [4.78, 5) is 0. The smallest absolute Gasteiger partial charge is 0.146 e. The van der Waals surface area contributed by atoms with Crippen LogP contribution in [0.4, 0.5) is 0 Å². The Bertz CT molecular complexity index is 619. The van der Waals surface area contributed by atoms with Crippen molar-refractivity contribution in [1.82, 2.24) is 5.32 Å². The number of benzene rings is 2. The van der Waals surface area contributed by atoms with Gasteiger partial charge in [0.1, 0.15) is 11.5 Å². The Morgan fingerprint density at radius 1 is 1.05 bits per heavy atom. The highest BCUT2D eigenvalue weighted by Crippen LogP contribution is 2.35. The first-order chi connectivity index (χ1) is 9.51. The molecule has 1 unspecified atom stereocenters. The molecule has 0 heterocycles. The van der Waals surface area contributed by atoms with Gasteiger partial charge in [0.05, 0.1) is 10.0 Å². The lowest BCUT2D eigenvalue weighted by Gasteiger charge is -2.14. The summed E-state index contributed by atoms with van der Waals surface area (Å²) in [6.45, 7) is 2.07. The van der Waals surface area contributed by atoms with Crippen molar-refractivity contribution in [1.29, 1.82) is 0 Å². The first-order valence-corrected chi connectivity index (χ1v) is 7.65. The molecule has 0 saturated carbocycles. The summed E-state index contributed by atoms with van der Waals surface area (Å²) in [6.07, 6.45) is 0. The summed E-state index contributed by atoms with van der Waals surface area (Å²) in [5, 5.41) is 4.26. The Balaban J connectivity index is 2.25. The van der Waals surface area contributed by atoms with Crippen molar-refractivity contribution in [3.05, 3.63) is 56.5 Å². The van der Waals surface area contributed by atoms with Gasteiger partial charge in [-0.05, 0) is 49.9 Å². The van der Waals surface area contributed by atoms with Gasteiger partial charge in [0.15, 0.2) is 0 Å². The van der Waals surface area contributed by atoms with Crippen molar-refractivity contribution < 1.29 is 4.74 Å². The minimum Gasteiger partial charge on any atom is -0.454 e. The molecule has 0 aliphatic carbocycles. The van der Waals surface area contributed by atoms with E-state index in [0.717, 1.165) is 10.0 Å². The molecular formula is C15H14BrCl2NO. The molecule has 2 nitrogen and oxygen atoms in total. The summed E-state index contributed by atoms with van der Waals surface area (Å²) in [6, 6.07) is 11.4. The Morgan fingerprint density at radius 2 is 1.65 bits per heavy atom. The van der Waals surface area contributed by atoms with Crippen LogP contribution in [0.3, 0.4) is 0 Å². The van der Waals surface area contributed by atoms with Gasteiger partial charge in [0, 0.05) is 10.5 Å². The number of halogens is 3. The summed E-state index contributed by atoms with van der Waals surface area (Å²) in [5.41, 5.74) is 1.10. The Labute approximate surface area is 137 Å². The maximum atomic E-state index is 6.26. The molecule has 0 spiro atoms. The zero-order valence-corrected chi connectivity index (χ0v) is 14.2. The van der Waals surface area contributed by atoms with Crippen molar-refractivity contribution in [2.24, 2.45) is 0 Å². The van der Waals surface area contributed by atoms with Crippen LogP contribution in [0.15, 0.2) is 40.9 Å². The van der Waals surface area contributed by atoms with Crippen LogP contribution < -0.4 is 10.1 Å². The molecule has 2 aromatic rings. The molecule has 2 aromatic carbocycles. The van der Waals surface area contributed by atoms with Crippen molar-refractivity contribution in [2.75, 3.05) is 7.05 Å². The van der Waals surface area contributed by atoms with Gasteiger partial charge in [0.25, 0.3) is 0 Å². The minimum atomic E-state index is 0.234. The van der Waals surface area contributed by atoms with Crippen LogP contribution in [0.5, 0.6) is 11.5 Å². The van der Waals surface area contributed by atoms with Crippen LogP contribution >= 0.6 is 39.1 Å². The van der Waals surface area contributed by atoms with Crippen LogP contribution in [0, 0.1) is 0 Å². The second-order valence-corrected chi connectivity index (χ2v) is 6.11. The molecule has 0 amide bonds. The third-order valence-corrected chi connectivity index (χ3v) is 4.09. The maximum Gasteiger partial charge on any atom is 0.146 e. The highest BCUT2D eigenvalue weighted by molar-refractivity contribution is 9.10. The van der Waals surface area contributed by atoms with Crippen LogP contribution in [0.1, 0.15) is 18.5 Å². The number of hydrogen-bond acceptors (Lipinski definition) is 2. The number of hydrogen-bond donors (Lipinski definition) is 1. The molecule has 1 atom stereocenters. The first kappa shape index (κ1) is 15.6. The molecule has 2 rings (SSSR count). The SMILES string of the molecule is CNC(C)c1ccc(Oc2ccc(Br)cc2Cl)c(Cl)c1. The maximum absolute atomic E-state index is 6.26. The van der Waals surface area contributed by atoms with Crippen molar-refractivity contribution in [3.63, 3.8) is 0 Å². The Morgan fingerprint density at radius 3 is 2.20 bits per heavy atom. The fraction of sp³-hybridized carbons (Fsp3) is 0.200. The van der Waals surface area contributed by atoms with E-state index < -0.39 is 0 Å². The van der Waals surface area contributed by atoms with Gasteiger partial charge in [0.2, 0.25) is 0 Å². The molecule has 0 radical (unpaired) electrons. The van der Waals surface area contributed by atoms with Crippen LogP contribution in [0.2, 0.25) is 10.0 Å². The summed E-state index contributed by atoms with van der Waals surface area (Å²) < 4.78 is 6.66. The molecule has 0 aromatic heterocycles. The van der Waals surface area contributed by atoms with E-state index in [2.05, 4.69) is 28.2 Å². The van der Waals surface area contributed by atoms with Gasteiger partial charge in [-0.1, -0.05) is 45.2 Å².